The molecule has 4 rings (SSSR count). The van der Waals surface area contributed by atoms with Gasteiger partial charge in [-0.1, -0.05) is 12.1 Å². The molecule has 0 unspecified atom stereocenters. The van der Waals surface area contributed by atoms with Gasteiger partial charge in [-0.25, -0.2) is 0 Å². The molecule has 1 aliphatic heterocycles. The summed E-state index contributed by atoms with van der Waals surface area (Å²) in [6, 6.07) is 12.6. The van der Waals surface area contributed by atoms with Crippen molar-refractivity contribution in [1.29, 1.82) is 0 Å². The Morgan fingerprint density at radius 3 is 2.88 bits per heavy atom. The summed E-state index contributed by atoms with van der Waals surface area (Å²) in [6.45, 7) is 0.693. The summed E-state index contributed by atoms with van der Waals surface area (Å²) in [5, 5.41) is 10.7. The largest absolute Gasteiger partial charge is 0.312 e. The van der Waals surface area contributed by atoms with Gasteiger partial charge in [-0.2, -0.15) is 0 Å². The monoisotopic (exact) mass is 321 g/mol. The Morgan fingerprint density at radius 2 is 2.04 bits per heavy atom. The number of fused-ring (bicyclic) bond motifs is 1. The molecule has 0 spiro atoms. The molecule has 0 bridgehead atoms. The van der Waals surface area contributed by atoms with Crippen molar-refractivity contribution in [2.75, 3.05) is 16.8 Å². The van der Waals surface area contributed by atoms with Gasteiger partial charge in [0.1, 0.15) is 0 Å². The highest BCUT2D eigenvalue weighted by molar-refractivity contribution is 6.05. The van der Waals surface area contributed by atoms with Gasteiger partial charge < -0.3 is 4.90 Å². The molecule has 1 aromatic carbocycles. The van der Waals surface area contributed by atoms with Crippen LogP contribution in [0.4, 0.5) is 11.6 Å². The number of amides is 2. The van der Waals surface area contributed by atoms with Crippen molar-refractivity contribution in [2.45, 2.75) is 12.8 Å². The smallest absolute Gasteiger partial charge is 0.258 e. The van der Waals surface area contributed by atoms with E-state index in [0.717, 1.165) is 12.1 Å². The van der Waals surface area contributed by atoms with Gasteiger partial charge in [0.05, 0.1) is 0 Å². The fourth-order valence-corrected chi connectivity index (χ4v) is 2.84. The first-order chi connectivity index (χ1) is 11.7. The maximum Gasteiger partial charge on any atom is 0.258 e. The lowest BCUT2D eigenvalue weighted by Gasteiger charge is -2.16. The van der Waals surface area contributed by atoms with Crippen LogP contribution in [-0.4, -0.2) is 33.0 Å². The predicted octanol–water partition coefficient (Wildman–Crippen LogP) is 2.11. The van der Waals surface area contributed by atoms with Gasteiger partial charge in [0.2, 0.25) is 11.9 Å². The third-order valence-electron chi connectivity index (χ3n) is 4.03. The van der Waals surface area contributed by atoms with Crippen molar-refractivity contribution in [3.05, 3.63) is 54.2 Å². The van der Waals surface area contributed by atoms with Crippen LogP contribution in [0.1, 0.15) is 23.2 Å². The molecule has 0 radical (unpaired) electrons. The number of aromatic nitrogens is 3. The second-order valence-corrected chi connectivity index (χ2v) is 5.61. The second kappa shape index (κ2) is 5.77. The number of anilines is 2. The molecule has 3 aromatic rings. The van der Waals surface area contributed by atoms with Crippen LogP contribution in [0, 0.1) is 0 Å². The topological polar surface area (TPSA) is 79.6 Å². The Bertz CT molecular complexity index is 933. The summed E-state index contributed by atoms with van der Waals surface area (Å²) in [5.41, 5.74) is 1.88. The molecule has 24 heavy (non-hydrogen) atoms. The second-order valence-electron chi connectivity index (χ2n) is 5.61. The van der Waals surface area contributed by atoms with Gasteiger partial charge in [-0.3, -0.25) is 19.3 Å². The third kappa shape index (κ3) is 2.50. The minimum Gasteiger partial charge on any atom is -0.312 e. The lowest BCUT2D eigenvalue weighted by atomic mass is 10.2. The van der Waals surface area contributed by atoms with Crippen LogP contribution in [0.15, 0.2) is 48.7 Å². The third-order valence-corrected chi connectivity index (χ3v) is 4.03. The fourth-order valence-electron chi connectivity index (χ4n) is 2.84. The summed E-state index contributed by atoms with van der Waals surface area (Å²) >= 11 is 0. The zero-order valence-electron chi connectivity index (χ0n) is 12.8. The SMILES string of the molecule is O=C(Nc1nnc2ccccn12)c1cccc(N2CCCC2=O)c1. The van der Waals surface area contributed by atoms with Crippen molar-refractivity contribution in [3.8, 4) is 0 Å². The highest BCUT2D eigenvalue weighted by atomic mass is 16.2. The molecule has 7 nitrogen and oxygen atoms in total. The van der Waals surface area contributed by atoms with Crippen LogP contribution in [0.25, 0.3) is 5.65 Å². The van der Waals surface area contributed by atoms with Gasteiger partial charge >= 0.3 is 0 Å². The van der Waals surface area contributed by atoms with Gasteiger partial charge in [-0.05, 0) is 36.8 Å². The number of nitrogens with zero attached hydrogens (tertiary/aromatic N) is 4. The van der Waals surface area contributed by atoms with Crippen LogP contribution in [-0.2, 0) is 4.79 Å². The molecule has 0 atom stereocenters. The zero-order chi connectivity index (χ0) is 16.5. The predicted molar refractivity (Wildman–Crippen MR) is 89.0 cm³/mol. The Labute approximate surface area is 137 Å². The van der Waals surface area contributed by atoms with Crippen molar-refractivity contribution in [3.63, 3.8) is 0 Å². The molecule has 7 heteroatoms. The maximum absolute atomic E-state index is 12.5. The number of rotatable bonds is 3. The first kappa shape index (κ1) is 14.4. The number of carbonyl (C=O) groups excluding carboxylic acids is 2. The van der Waals surface area contributed by atoms with E-state index in [9.17, 15) is 9.59 Å². The molecule has 0 aliphatic carbocycles. The molecule has 1 N–H and O–H groups in total. The molecule has 0 saturated carbocycles. The van der Waals surface area contributed by atoms with Crippen molar-refractivity contribution >= 4 is 29.1 Å². The molecule has 2 aromatic heterocycles. The first-order valence-corrected chi connectivity index (χ1v) is 7.74. The zero-order valence-corrected chi connectivity index (χ0v) is 12.8. The first-order valence-electron chi connectivity index (χ1n) is 7.74. The molecular formula is C17H15N5O2. The lowest BCUT2D eigenvalue weighted by molar-refractivity contribution is -0.117. The van der Waals surface area contributed by atoms with Gasteiger partial charge in [0.15, 0.2) is 5.65 Å². The van der Waals surface area contributed by atoms with E-state index >= 15 is 0 Å². The summed E-state index contributed by atoms with van der Waals surface area (Å²) in [5.74, 6) is 0.163. The van der Waals surface area contributed by atoms with E-state index < -0.39 is 0 Å². The molecule has 3 heterocycles. The Hall–Kier alpha value is -3.22. The van der Waals surface area contributed by atoms with Gasteiger partial charge in [-0.15, -0.1) is 10.2 Å². The van der Waals surface area contributed by atoms with Crippen molar-refractivity contribution in [2.24, 2.45) is 0 Å². The minimum atomic E-state index is -0.290. The molecule has 120 valence electrons. The van der Waals surface area contributed by atoms with E-state index in [4.69, 9.17) is 0 Å². The number of benzene rings is 1. The van der Waals surface area contributed by atoms with Crippen LogP contribution in [0.5, 0.6) is 0 Å². The van der Waals surface area contributed by atoms with Crippen LogP contribution in [0.3, 0.4) is 0 Å². The lowest BCUT2D eigenvalue weighted by Crippen LogP contribution is -2.24. The van der Waals surface area contributed by atoms with E-state index in [2.05, 4.69) is 15.5 Å². The van der Waals surface area contributed by atoms with Crippen molar-refractivity contribution in [1.82, 2.24) is 14.6 Å². The number of nitrogens with one attached hydrogen (secondary N) is 1. The summed E-state index contributed by atoms with van der Waals surface area (Å²) in [6.07, 6.45) is 3.19. The number of hydrogen-bond donors (Lipinski definition) is 1. The van der Waals surface area contributed by atoms with Crippen molar-refractivity contribution < 1.29 is 9.59 Å². The molecule has 1 aliphatic rings. The fraction of sp³-hybridized carbons (Fsp3) is 0.176. The average Bonchev–Trinajstić information content (AvgIpc) is 3.22. The van der Waals surface area contributed by atoms with Gasteiger partial charge in [0.25, 0.3) is 5.91 Å². The molecular weight excluding hydrogens is 306 g/mol. The summed E-state index contributed by atoms with van der Waals surface area (Å²) in [4.78, 5) is 26.1. The van der Waals surface area contributed by atoms with E-state index in [-0.39, 0.29) is 11.8 Å². The minimum absolute atomic E-state index is 0.0935. The maximum atomic E-state index is 12.5. The Balaban J connectivity index is 1.59. The number of carbonyl (C=O) groups is 2. The summed E-state index contributed by atoms with van der Waals surface area (Å²) < 4.78 is 1.70. The van der Waals surface area contributed by atoms with E-state index in [1.807, 2.05) is 24.3 Å². The van der Waals surface area contributed by atoms with E-state index in [1.54, 1.807) is 33.7 Å². The van der Waals surface area contributed by atoms with E-state index in [0.29, 0.717) is 30.1 Å². The standard InChI is InChI=1S/C17H15N5O2/c23-15-8-4-10-21(15)13-6-3-5-12(11-13)16(24)18-17-20-19-14-7-1-2-9-22(14)17/h1-3,5-7,9,11H,4,8,10H2,(H,18,20,24). The van der Waals surface area contributed by atoms with E-state index in [1.165, 1.54) is 0 Å². The molecule has 1 fully saturated rings. The Kier molecular flexibility index (Phi) is 3.45. The average molecular weight is 321 g/mol. The number of pyridine rings is 1. The quantitative estimate of drug-likeness (QED) is 0.801. The molecule has 2 amide bonds. The number of hydrogen-bond acceptors (Lipinski definition) is 4. The van der Waals surface area contributed by atoms with Gasteiger partial charge in [0, 0.05) is 30.4 Å². The Morgan fingerprint density at radius 1 is 1.12 bits per heavy atom. The van der Waals surface area contributed by atoms with Crippen LogP contribution in [0.2, 0.25) is 0 Å². The summed E-state index contributed by atoms with van der Waals surface area (Å²) in [7, 11) is 0. The molecule has 1 saturated heterocycles. The highest BCUT2D eigenvalue weighted by Gasteiger charge is 2.22. The van der Waals surface area contributed by atoms with Crippen LogP contribution >= 0.6 is 0 Å². The van der Waals surface area contributed by atoms with Crippen LogP contribution < -0.4 is 10.2 Å². The highest BCUT2D eigenvalue weighted by Crippen LogP contribution is 2.22. The normalized spacial score (nSPS) is 14.3.